The van der Waals surface area contributed by atoms with E-state index in [1.807, 2.05) is 18.7 Å². The Balaban J connectivity index is 1.22. The van der Waals surface area contributed by atoms with Crippen LogP contribution in [0.15, 0.2) is 65.9 Å². The van der Waals surface area contributed by atoms with Gasteiger partial charge in [-0.05, 0) is 48.4 Å². The fourth-order valence-electron chi connectivity index (χ4n) is 2.84. The zero-order valence-electron chi connectivity index (χ0n) is 15.0. The Morgan fingerprint density at radius 3 is 2.74 bits per heavy atom. The van der Waals surface area contributed by atoms with Crippen LogP contribution in [0.3, 0.4) is 0 Å². The van der Waals surface area contributed by atoms with Gasteiger partial charge in [-0.15, -0.1) is 22.7 Å². The number of thiazole rings is 1. The molecule has 3 heterocycles. The molecule has 0 fully saturated rings. The number of hydrogen-bond acceptors (Lipinski definition) is 5. The van der Waals surface area contributed by atoms with Gasteiger partial charge in [-0.1, -0.05) is 18.2 Å². The topological polar surface area (TPSA) is 39.9 Å². The van der Waals surface area contributed by atoms with E-state index in [1.54, 1.807) is 22.7 Å². The van der Waals surface area contributed by atoms with Crippen LogP contribution in [-0.2, 0) is 19.6 Å². The van der Waals surface area contributed by atoms with Gasteiger partial charge in [0.15, 0.2) is 0 Å². The molecule has 0 spiro atoms. The second-order valence-electron chi connectivity index (χ2n) is 6.31. The Morgan fingerprint density at radius 2 is 1.96 bits per heavy atom. The van der Waals surface area contributed by atoms with Crippen molar-refractivity contribution in [1.29, 1.82) is 0 Å². The summed E-state index contributed by atoms with van der Waals surface area (Å²) in [5.41, 5.74) is 2.33. The van der Waals surface area contributed by atoms with Crippen molar-refractivity contribution in [2.45, 2.75) is 32.4 Å². The molecular weight excluding hydrogens is 374 g/mol. The Kier molecular flexibility index (Phi) is 5.96. The Hall–Kier alpha value is -2.44. The zero-order valence-corrected chi connectivity index (χ0v) is 16.6. The van der Waals surface area contributed by atoms with Crippen molar-refractivity contribution in [1.82, 2.24) is 14.5 Å². The van der Waals surface area contributed by atoms with E-state index in [0.29, 0.717) is 6.61 Å². The van der Waals surface area contributed by atoms with Gasteiger partial charge < -0.3 is 9.30 Å². The molecule has 0 aliphatic rings. The van der Waals surface area contributed by atoms with E-state index in [9.17, 15) is 0 Å². The minimum atomic E-state index is 0.506. The molecule has 0 N–H and O–H groups in total. The van der Waals surface area contributed by atoms with Crippen molar-refractivity contribution in [3.63, 3.8) is 0 Å². The number of imidazole rings is 1. The lowest BCUT2D eigenvalue weighted by Gasteiger charge is -2.06. The highest BCUT2D eigenvalue weighted by Crippen LogP contribution is 2.28. The third-order valence-corrected chi connectivity index (χ3v) is 6.21. The molecular formula is C21H21N3OS2. The SMILES string of the molecule is c1csc(-c2nc(COc3ccc(CCCCn4ccnc4)cc3)cs2)c1. The van der Waals surface area contributed by atoms with Gasteiger partial charge in [-0.2, -0.15) is 0 Å². The monoisotopic (exact) mass is 395 g/mol. The molecule has 0 saturated carbocycles. The zero-order chi connectivity index (χ0) is 18.3. The number of unbranched alkanes of at least 4 members (excludes halogenated alkanes) is 1. The summed E-state index contributed by atoms with van der Waals surface area (Å²) in [7, 11) is 0. The molecule has 4 aromatic rings. The fraction of sp³-hybridized carbons (Fsp3) is 0.238. The lowest BCUT2D eigenvalue weighted by molar-refractivity contribution is 0.302. The van der Waals surface area contributed by atoms with E-state index < -0.39 is 0 Å². The summed E-state index contributed by atoms with van der Waals surface area (Å²) in [6, 6.07) is 12.6. The lowest BCUT2D eigenvalue weighted by Crippen LogP contribution is -1.97. The van der Waals surface area contributed by atoms with Crippen molar-refractivity contribution in [2.75, 3.05) is 0 Å². The van der Waals surface area contributed by atoms with Crippen LogP contribution in [0.5, 0.6) is 5.75 Å². The van der Waals surface area contributed by atoms with Crippen molar-refractivity contribution >= 4 is 22.7 Å². The number of ether oxygens (including phenoxy) is 1. The van der Waals surface area contributed by atoms with Gasteiger partial charge >= 0.3 is 0 Å². The molecule has 0 atom stereocenters. The largest absolute Gasteiger partial charge is 0.487 e. The molecule has 27 heavy (non-hydrogen) atoms. The van der Waals surface area contributed by atoms with Crippen LogP contribution < -0.4 is 4.74 Å². The van der Waals surface area contributed by atoms with E-state index in [1.165, 1.54) is 16.9 Å². The Labute approximate surface area is 167 Å². The molecule has 0 amide bonds. The first-order chi connectivity index (χ1) is 13.4. The molecule has 0 bridgehead atoms. The number of nitrogens with zero attached hydrogens (tertiary/aromatic N) is 3. The third-order valence-electron chi connectivity index (χ3n) is 4.28. The molecule has 6 heteroatoms. The molecule has 138 valence electrons. The summed E-state index contributed by atoms with van der Waals surface area (Å²) in [6.07, 6.45) is 9.13. The Bertz CT molecular complexity index is 928. The smallest absolute Gasteiger partial charge is 0.133 e. The van der Waals surface area contributed by atoms with Gasteiger partial charge in [0.05, 0.1) is 16.9 Å². The standard InChI is InChI=1S/C21H21N3OS2/c1(2-11-24-12-10-22-16-24)4-17-6-8-19(9-7-17)25-14-18-15-27-21(23-18)20-5-3-13-26-20/h3,5-10,12-13,15-16H,1-2,4,11,14H2. The average Bonchev–Trinajstić information content (AvgIpc) is 3.47. The second-order valence-corrected chi connectivity index (χ2v) is 8.12. The van der Waals surface area contributed by atoms with Crippen LogP contribution in [0.4, 0.5) is 0 Å². The van der Waals surface area contributed by atoms with Gasteiger partial charge in [0.25, 0.3) is 0 Å². The van der Waals surface area contributed by atoms with Crippen LogP contribution in [0, 0.1) is 0 Å². The van der Waals surface area contributed by atoms with Gasteiger partial charge in [-0.25, -0.2) is 9.97 Å². The highest BCUT2D eigenvalue weighted by atomic mass is 32.1. The molecule has 4 nitrogen and oxygen atoms in total. The summed E-state index contributed by atoms with van der Waals surface area (Å²) in [5, 5.41) is 5.21. The normalized spacial score (nSPS) is 11.0. The van der Waals surface area contributed by atoms with Crippen molar-refractivity contribution in [3.05, 3.63) is 77.1 Å². The van der Waals surface area contributed by atoms with Crippen molar-refractivity contribution in [3.8, 4) is 15.6 Å². The molecule has 0 unspecified atom stereocenters. The van der Waals surface area contributed by atoms with E-state index in [4.69, 9.17) is 4.74 Å². The lowest BCUT2D eigenvalue weighted by atomic mass is 10.1. The molecule has 4 rings (SSSR count). The third kappa shape index (κ3) is 5.05. The van der Waals surface area contributed by atoms with Gasteiger partial charge in [0.1, 0.15) is 17.4 Å². The van der Waals surface area contributed by atoms with E-state index in [-0.39, 0.29) is 0 Å². The number of rotatable bonds is 9. The molecule has 0 aliphatic heterocycles. The summed E-state index contributed by atoms with van der Waals surface area (Å²) in [5.74, 6) is 0.892. The number of aryl methyl sites for hydroxylation is 2. The molecule has 0 radical (unpaired) electrons. The first kappa shape index (κ1) is 17.9. The average molecular weight is 396 g/mol. The first-order valence-corrected chi connectivity index (χ1v) is 10.8. The van der Waals surface area contributed by atoms with Gasteiger partial charge in [0, 0.05) is 24.3 Å². The maximum Gasteiger partial charge on any atom is 0.133 e. The van der Waals surface area contributed by atoms with Crippen LogP contribution in [0.1, 0.15) is 24.1 Å². The maximum absolute atomic E-state index is 5.89. The van der Waals surface area contributed by atoms with Gasteiger partial charge in [-0.3, -0.25) is 0 Å². The summed E-state index contributed by atoms with van der Waals surface area (Å²) in [4.78, 5) is 9.93. The second kappa shape index (κ2) is 8.97. The summed E-state index contributed by atoms with van der Waals surface area (Å²) < 4.78 is 8.01. The highest BCUT2D eigenvalue weighted by molar-refractivity contribution is 7.20. The highest BCUT2D eigenvalue weighted by Gasteiger charge is 2.06. The van der Waals surface area contributed by atoms with E-state index in [0.717, 1.165) is 35.8 Å². The number of thiophene rings is 1. The van der Waals surface area contributed by atoms with Crippen LogP contribution in [-0.4, -0.2) is 14.5 Å². The fourth-order valence-corrected chi connectivity index (χ4v) is 4.46. The maximum atomic E-state index is 5.89. The van der Waals surface area contributed by atoms with Crippen molar-refractivity contribution in [2.24, 2.45) is 0 Å². The predicted molar refractivity (Wildman–Crippen MR) is 111 cm³/mol. The summed E-state index contributed by atoms with van der Waals surface area (Å²) in [6.45, 7) is 1.54. The number of benzene rings is 1. The van der Waals surface area contributed by atoms with E-state index in [2.05, 4.69) is 61.7 Å². The summed E-state index contributed by atoms with van der Waals surface area (Å²) >= 11 is 3.38. The molecule has 0 saturated heterocycles. The first-order valence-electron chi connectivity index (χ1n) is 9.02. The van der Waals surface area contributed by atoms with Crippen LogP contribution in [0.25, 0.3) is 9.88 Å². The Morgan fingerprint density at radius 1 is 1.04 bits per heavy atom. The van der Waals surface area contributed by atoms with Crippen LogP contribution >= 0.6 is 22.7 Å². The minimum absolute atomic E-state index is 0.506. The van der Waals surface area contributed by atoms with Crippen LogP contribution in [0.2, 0.25) is 0 Å². The quantitative estimate of drug-likeness (QED) is 0.343. The number of hydrogen-bond donors (Lipinski definition) is 0. The molecule has 3 aromatic heterocycles. The van der Waals surface area contributed by atoms with E-state index >= 15 is 0 Å². The minimum Gasteiger partial charge on any atom is -0.487 e. The molecule has 0 aliphatic carbocycles. The molecule has 1 aromatic carbocycles. The van der Waals surface area contributed by atoms with Crippen molar-refractivity contribution < 1.29 is 4.74 Å². The van der Waals surface area contributed by atoms with Gasteiger partial charge in [0.2, 0.25) is 0 Å². The predicted octanol–water partition coefficient (Wildman–Crippen LogP) is 5.67. The number of aromatic nitrogens is 3.